The molecule has 1 saturated heterocycles. The van der Waals surface area contributed by atoms with E-state index >= 15 is 0 Å². The maximum atomic E-state index is 13.4. The zero-order chi connectivity index (χ0) is 20.2. The van der Waals surface area contributed by atoms with Crippen LogP contribution in [0.4, 0.5) is 8.78 Å². The third kappa shape index (κ3) is 6.14. The van der Waals surface area contributed by atoms with Crippen LogP contribution in [0.15, 0.2) is 53.5 Å². The van der Waals surface area contributed by atoms with Gasteiger partial charge < -0.3 is 11.1 Å². The van der Waals surface area contributed by atoms with Crippen LogP contribution in [0.3, 0.4) is 0 Å². The quantitative estimate of drug-likeness (QED) is 0.345. The molecule has 30 heavy (non-hydrogen) atoms. The highest BCUT2D eigenvalue weighted by Crippen LogP contribution is 2.37. The Balaban J connectivity index is 0.00000256. The maximum absolute atomic E-state index is 13.4. The second kappa shape index (κ2) is 10.5. The lowest BCUT2D eigenvalue weighted by Gasteiger charge is -2.37. The highest BCUT2D eigenvalue weighted by atomic mass is 127. The summed E-state index contributed by atoms with van der Waals surface area (Å²) in [7, 11) is 0. The molecule has 0 amide bonds. The Morgan fingerprint density at radius 2 is 1.67 bits per heavy atom. The molecule has 0 bridgehead atoms. The van der Waals surface area contributed by atoms with Gasteiger partial charge in [-0.05, 0) is 54.9 Å². The summed E-state index contributed by atoms with van der Waals surface area (Å²) in [6.07, 6.45) is 3.64. The van der Waals surface area contributed by atoms with Crippen molar-refractivity contribution in [3.63, 3.8) is 0 Å². The van der Waals surface area contributed by atoms with Crippen LogP contribution in [0, 0.1) is 11.6 Å². The molecule has 2 aromatic carbocycles. The van der Waals surface area contributed by atoms with Gasteiger partial charge in [0.1, 0.15) is 11.6 Å². The fraction of sp³-hybridized carbons (Fsp3) is 0.435. The van der Waals surface area contributed by atoms with E-state index in [2.05, 4.69) is 39.5 Å². The van der Waals surface area contributed by atoms with E-state index in [4.69, 9.17) is 5.73 Å². The van der Waals surface area contributed by atoms with Crippen molar-refractivity contribution in [2.45, 2.75) is 50.2 Å². The second-order valence-corrected chi connectivity index (χ2v) is 8.22. The molecule has 4 nitrogen and oxygen atoms in total. The molecule has 1 heterocycles. The molecule has 1 aliphatic heterocycles. The molecule has 0 unspecified atom stereocenters. The summed E-state index contributed by atoms with van der Waals surface area (Å²) in [4.78, 5) is 7.12. The first-order valence-electron chi connectivity index (χ1n) is 10.4. The number of halogens is 3. The molecule has 1 aliphatic carbocycles. The molecule has 0 spiro atoms. The van der Waals surface area contributed by atoms with Gasteiger partial charge in [-0.2, -0.15) is 0 Å². The standard InChI is InChI=1S/C23H28F2N4.HI/c24-19-10-17(11-20(25)14-19)18-12-22(13-18)28-23(26)27-21-6-8-29(9-7-21)15-16-4-2-1-3-5-16;/h1-5,10-11,14,18,21-22H,6-9,12-13,15H2,(H3,26,27,28);1H. The van der Waals surface area contributed by atoms with Gasteiger partial charge in [0.25, 0.3) is 0 Å². The Morgan fingerprint density at radius 3 is 2.30 bits per heavy atom. The summed E-state index contributed by atoms with van der Waals surface area (Å²) in [5.74, 6) is -0.376. The van der Waals surface area contributed by atoms with Crippen molar-refractivity contribution in [3.05, 3.63) is 71.3 Å². The first kappa shape index (κ1) is 22.9. The van der Waals surface area contributed by atoms with Crippen molar-refractivity contribution in [2.24, 2.45) is 10.7 Å². The lowest BCUT2D eigenvalue weighted by Crippen LogP contribution is -2.47. The van der Waals surface area contributed by atoms with Gasteiger partial charge in [0, 0.05) is 31.7 Å². The monoisotopic (exact) mass is 526 g/mol. The molecule has 0 radical (unpaired) electrons. The summed E-state index contributed by atoms with van der Waals surface area (Å²) in [5.41, 5.74) is 8.18. The number of nitrogens with two attached hydrogens (primary N) is 1. The van der Waals surface area contributed by atoms with Crippen molar-refractivity contribution in [1.29, 1.82) is 0 Å². The molecular formula is C23H29F2IN4. The molecule has 162 valence electrons. The van der Waals surface area contributed by atoms with Gasteiger partial charge in [-0.3, -0.25) is 9.89 Å². The smallest absolute Gasteiger partial charge is 0.189 e. The third-order valence-electron chi connectivity index (χ3n) is 5.97. The van der Waals surface area contributed by atoms with Gasteiger partial charge in [-0.15, -0.1) is 24.0 Å². The number of rotatable bonds is 5. The minimum Gasteiger partial charge on any atom is -0.370 e. The lowest BCUT2D eigenvalue weighted by molar-refractivity contribution is 0.206. The molecule has 1 saturated carbocycles. The molecule has 3 N–H and O–H groups in total. The number of nitrogens with zero attached hydrogens (tertiary/aromatic N) is 2. The summed E-state index contributed by atoms with van der Waals surface area (Å²) < 4.78 is 26.7. The van der Waals surface area contributed by atoms with Gasteiger partial charge in [0.2, 0.25) is 0 Å². The summed E-state index contributed by atoms with van der Waals surface area (Å²) >= 11 is 0. The molecule has 0 atom stereocenters. The zero-order valence-corrected chi connectivity index (χ0v) is 19.3. The van der Waals surface area contributed by atoms with Gasteiger partial charge >= 0.3 is 0 Å². The third-order valence-corrected chi connectivity index (χ3v) is 5.97. The first-order chi connectivity index (χ1) is 14.0. The Hall–Kier alpha value is -1.74. The van der Waals surface area contributed by atoms with Crippen LogP contribution in [-0.2, 0) is 6.54 Å². The van der Waals surface area contributed by atoms with Crippen molar-refractivity contribution in [2.75, 3.05) is 13.1 Å². The number of guanidine groups is 1. The van der Waals surface area contributed by atoms with Crippen LogP contribution >= 0.6 is 24.0 Å². The van der Waals surface area contributed by atoms with Gasteiger partial charge in [-0.25, -0.2) is 8.78 Å². The largest absolute Gasteiger partial charge is 0.370 e. The SMILES string of the molecule is I.NC(=NC1CCN(Cc2ccccc2)CC1)NC1CC(c2cc(F)cc(F)c2)C1. The fourth-order valence-electron chi connectivity index (χ4n) is 4.31. The minimum absolute atomic E-state index is 0. The number of benzene rings is 2. The molecule has 7 heteroatoms. The Bertz CT molecular complexity index is 827. The molecule has 2 fully saturated rings. The van der Waals surface area contributed by atoms with Crippen LogP contribution < -0.4 is 11.1 Å². The van der Waals surface area contributed by atoms with E-state index in [0.717, 1.165) is 56.9 Å². The van der Waals surface area contributed by atoms with Crippen molar-refractivity contribution >= 4 is 29.9 Å². The van der Waals surface area contributed by atoms with E-state index in [1.54, 1.807) is 0 Å². The first-order valence-corrected chi connectivity index (χ1v) is 10.4. The number of likely N-dealkylation sites (tertiary alicyclic amines) is 1. The normalized spacial score (nSPS) is 22.8. The average molecular weight is 526 g/mol. The predicted molar refractivity (Wildman–Crippen MR) is 127 cm³/mol. The molecule has 4 rings (SSSR count). The van der Waals surface area contributed by atoms with E-state index in [0.29, 0.717) is 5.96 Å². The molecule has 2 aromatic rings. The van der Waals surface area contributed by atoms with Crippen molar-refractivity contribution in [3.8, 4) is 0 Å². The molecular weight excluding hydrogens is 497 g/mol. The van der Waals surface area contributed by atoms with Crippen LogP contribution in [0.25, 0.3) is 0 Å². The number of hydrogen-bond donors (Lipinski definition) is 2. The van der Waals surface area contributed by atoms with Crippen molar-refractivity contribution in [1.82, 2.24) is 10.2 Å². The highest BCUT2D eigenvalue weighted by Gasteiger charge is 2.31. The predicted octanol–water partition coefficient (Wildman–Crippen LogP) is 4.40. The Morgan fingerprint density at radius 1 is 1.03 bits per heavy atom. The van der Waals surface area contributed by atoms with Crippen LogP contribution in [0.5, 0.6) is 0 Å². The topological polar surface area (TPSA) is 53.6 Å². The maximum Gasteiger partial charge on any atom is 0.189 e. The summed E-state index contributed by atoms with van der Waals surface area (Å²) in [6, 6.07) is 14.7. The van der Waals surface area contributed by atoms with Gasteiger partial charge in [0.15, 0.2) is 5.96 Å². The van der Waals surface area contributed by atoms with E-state index in [-0.39, 0.29) is 42.0 Å². The van der Waals surface area contributed by atoms with E-state index in [9.17, 15) is 8.78 Å². The number of nitrogens with one attached hydrogen (secondary N) is 1. The average Bonchev–Trinajstić information content (AvgIpc) is 2.66. The zero-order valence-electron chi connectivity index (χ0n) is 16.9. The lowest BCUT2D eigenvalue weighted by atomic mass is 9.76. The minimum atomic E-state index is -0.518. The van der Waals surface area contributed by atoms with E-state index in [1.165, 1.54) is 17.7 Å². The summed E-state index contributed by atoms with van der Waals surface area (Å²) in [6.45, 7) is 3.02. The number of piperidine rings is 1. The summed E-state index contributed by atoms with van der Waals surface area (Å²) in [5, 5.41) is 3.27. The van der Waals surface area contributed by atoms with E-state index in [1.807, 2.05) is 6.07 Å². The van der Waals surface area contributed by atoms with Crippen molar-refractivity contribution < 1.29 is 8.78 Å². The van der Waals surface area contributed by atoms with Crippen LogP contribution in [0.2, 0.25) is 0 Å². The molecule has 2 aliphatic rings. The highest BCUT2D eigenvalue weighted by molar-refractivity contribution is 14.0. The van der Waals surface area contributed by atoms with Gasteiger partial charge in [-0.1, -0.05) is 30.3 Å². The fourth-order valence-corrected chi connectivity index (χ4v) is 4.31. The number of hydrogen-bond acceptors (Lipinski definition) is 2. The van der Waals surface area contributed by atoms with Crippen LogP contribution in [0.1, 0.15) is 42.7 Å². The van der Waals surface area contributed by atoms with E-state index < -0.39 is 11.6 Å². The van der Waals surface area contributed by atoms with Crippen LogP contribution in [-0.4, -0.2) is 36.0 Å². The Labute approximate surface area is 194 Å². The Kier molecular flexibility index (Phi) is 8.05. The number of aliphatic imine (C=N–C) groups is 1. The van der Waals surface area contributed by atoms with Gasteiger partial charge in [0.05, 0.1) is 6.04 Å². The second-order valence-electron chi connectivity index (χ2n) is 8.22. The molecule has 0 aromatic heterocycles.